The van der Waals surface area contributed by atoms with Gasteiger partial charge in [-0.2, -0.15) is 0 Å². The maximum Gasteiger partial charge on any atom is 0.404 e. The number of amides is 5. The highest BCUT2D eigenvalue weighted by Crippen LogP contribution is 2.29. The lowest BCUT2D eigenvalue weighted by molar-refractivity contribution is -0.136. The van der Waals surface area contributed by atoms with E-state index in [2.05, 4.69) is 15.4 Å². The number of benzene rings is 1. The van der Waals surface area contributed by atoms with Crippen LogP contribution in [0, 0.1) is 0 Å². The van der Waals surface area contributed by atoms with E-state index in [4.69, 9.17) is 5.73 Å². The predicted molar refractivity (Wildman–Crippen MR) is 87.1 cm³/mol. The molecule has 2 aliphatic heterocycles. The summed E-state index contributed by atoms with van der Waals surface area (Å²) in [5.74, 6) is -2.23. The molecular formula is C16H16N4O6. The minimum Gasteiger partial charge on any atom is -0.448 e. The molecule has 0 bridgehead atoms. The number of nitrogens with one attached hydrogen (secondary N) is 2. The molecule has 0 aromatic heterocycles. The van der Waals surface area contributed by atoms with E-state index in [1.807, 2.05) is 0 Å². The molecule has 10 nitrogen and oxygen atoms in total. The highest BCUT2D eigenvalue weighted by atomic mass is 16.5. The predicted octanol–water partition coefficient (Wildman–Crippen LogP) is -0.405. The Balaban J connectivity index is 1.74. The van der Waals surface area contributed by atoms with Crippen molar-refractivity contribution < 1.29 is 28.7 Å². The van der Waals surface area contributed by atoms with Crippen molar-refractivity contribution in [2.45, 2.75) is 18.9 Å². The molecule has 2 heterocycles. The molecule has 0 saturated carbocycles. The number of imide groups is 2. The molecule has 0 aliphatic carbocycles. The number of hydrogen-bond donors (Lipinski definition) is 3. The fraction of sp³-hybridized carbons (Fsp3) is 0.312. The first-order valence-corrected chi connectivity index (χ1v) is 7.90. The summed E-state index contributed by atoms with van der Waals surface area (Å²) in [7, 11) is 0. The number of ether oxygens (including phenoxy) is 1. The Kier molecular flexibility index (Phi) is 4.57. The van der Waals surface area contributed by atoms with E-state index in [0.717, 1.165) is 4.90 Å². The van der Waals surface area contributed by atoms with Gasteiger partial charge in [-0.15, -0.1) is 0 Å². The lowest BCUT2D eigenvalue weighted by atomic mass is 10.0. The van der Waals surface area contributed by atoms with Crippen LogP contribution in [0.4, 0.5) is 10.5 Å². The lowest BCUT2D eigenvalue weighted by Crippen LogP contribution is -2.54. The Morgan fingerprint density at radius 1 is 1.23 bits per heavy atom. The van der Waals surface area contributed by atoms with E-state index in [1.54, 1.807) is 6.07 Å². The second-order valence-corrected chi connectivity index (χ2v) is 5.80. The molecule has 10 heteroatoms. The summed E-state index contributed by atoms with van der Waals surface area (Å²) in [4.78, 5) is 59.8. The number of fused-ring (bicyclic) bond motifs is 1. The zero-order valence-corrected chi connectivity index (χ0v) is 13.6. The molecule has 5 amide bonds. The van der Waals surface area contributed by atoms with Crippen LogP contribution < -0.4 is 16.4 Å². The van der Waals surface area contributed by atoms with Crippen molar-refractivity contribution >= 4 is 35.4 Å². The monoisotopic (exact) mass is 360 g/mol. The molecule has 1 aromatic carbocycles. The SMILES string of the molecule is NC(=O)OCCNc1ccc2c(c1)C(=O)N(C1CCC(=O)NC1=O)C2=O. The fourth-order valence-electron chi connectivity index (χ4n) is 2.93. The number of nitrogens with zero attached hydrogens (tertiary/aromatic N) is 1. The average molecular weight is 360 g/mol. The Morgan fingerprint density at radius 3 is 2.65 bits per heavy atom. The summed E-state index contributed by atoms with van der Waals surface area (Å²) in [6.45, 7) is 0.308. The van der Waals surface area contributed by atoms with Crippen LogP contribution in [0.15, 0.2) is 18.2 Å². The number of carbonyl (C=O) groups is 5. The van der Waals surface area contributed by atoms with Gasteiger partial charge in [0.05, 0.1) is 11.1 Å². The zero-order valence-electron chi connectivity index (χ0n) is 13.6. The Labute approximate surface area is 147 Å². The van der Waals surface area contributed by atoms with E-state index in [0.29, 0.717) is 5.69 Å². The summed E-state index contributed by atoms with van der Waals surface area (Å²) >= 11 is 0. The van der Waals surface area contributed by atoms with Crippen molar-refractivity contribution in [3.05, 3.63) is 29.3 Å². The molecule has 1 saturated heterocycles. The van der Waals surface area contributed by atoms with E-state index in [1.165, 1.54) is 12.1 Å². The number of hydrogen-bond acceptors (Lipinski definition) is 7. The summed E-state index contributed by atoms with van der Waals surface area (Å²) in [5, 5.41) is 5.08. The number of nitrogens with two attached hydrogens (primary N) is 1. The summed E-state index contributed by atoms with van der Waals surface area (Å²) in [6.07, 6.45) is -0.719. The molecule has 3 rings (SSSR count). The van der Waals surface area contributed by atoms with Crippen LogP contribution in [0.1, 0.15) is 33.6 Å². The van der Waals surface area contributed by atoms with E-state index < -0.39 is 35.8 Å². The van der Waals surface area contributed by atoms with Crippen LogP contribution in [-0.2, 0) is 14.3 Å². The Hall–Kier alpha value is -3.43. The number of rotatable bonds is 5. The van der Waals surface area contributed by atoms with Gasteiger partial charge in [-0.3, -0.25) is 29.4 Å². The smallest absolute Gasteiger partial charge is 0.404 e. The largest absolute Gasteiger partial charge is 0.448 e. The van der Waals surface area contributed by atoms with Crippen LogP contribution in [-0.4, -0.2) is 53.8 Å². The van der Waals surface area contributed by atoms with Crippen LogP contribution in [0.2, 0.25) is 0 Å². The molecular weight excluding hydrogens is 344 g/mol. The Bertz CT molecular complexity index is 821. The highest BCUT2D eigenvalue weighted by molar-refractivity contribution is 6.23. The maximum atomic E-state index is 12.6. The van der Waals surface area contributed by atoms with Gasteiger partial charge in [0.2, 0.25) is 11.8 Å². The number of anilines is 1. The molecule has 1 fully saturated rings. The van der Waals surface area contributed by atoms with Crippen LogP contribution in [0.3, 0.4) is 0 Å². The number of carbonyl (C=O) groups excluding carboxylic acids is 5. The maximum absolute atomic E-state index is 12.6. The fourth-order valence-corrected chi connectivity index (χ4v) is 2.93. The molecule has 26 heavy (non-hydrogen) atoms. The van der Waals surface area contributed by atoms with Crippen molar-refractivity contribution in [1.29, 1.82) is 0 Å². The van der Waals surface area contributed by atoms with Crippen molar-refractivity contribution in [3.63, 3.8) is 0 Å². The summed E-state index contributed by atoms with van der Waals surface area (Å²) in [5.41, 5.74) is 5.76. The van der Waals surface area contributed by atoms with Gasteiger partial charge in [-0.05, 0) is 24.6 Å². The van der Waals surface area contributed by atoms with Gasteiger partial charge in [-0.1, -0.05) is 0 Å². The summed E-state index contributed by atoms with van der Waals surface area (Å²) in [6, 6.07) is 3.58. The zero-order chi connectivity index (χ0) is 18.8. The van der Waals surface area contributed by atoms with Crippen molar-refractivity contribution in [1.82, 2.24) is 10.2 Å². The van der Waals surface area contributed by atoms with Gasteiger partial charge in [0, 0.05) is 18.7 Å². The number of primary amides is 1. The number of piperidine rings is 1. The van der Waals surface area contributed by atoms with Gasteiger partial charge in [-0.25, -0.2) is 4.79 Å². The van der Waals surface area contributed by atoms with Crippen LogP contribution in [0.5, 0.6) is 0 Å². The van der Waals surface area contributed by atoms with Crippen molar-refractivity contribution in [2.24, 2.45) is 5.73 Å². The van der Waals surface area contributed by atoms with Gasteiger partial charge < -0.3 is 15.8 Å². The molecule has 1 atom stereocenters. The van der Waals surface area contributed by atoms with Gasteiger partial charge in [0.1, 0.15) is 12.6 Å². The summed E-state index contributed by atoms with van der Waals surface area (Å²) < 4.78 is 4.59. The minimum absolute atomic E-state index is 0.0433. The van der Waals surface area contributed by atoms with Crippen LogP contribution >= 0.6 is 0 Å². The third-order valence-corrected chi connectivity index (χ3v) is 4.12. The third-order valence-electron chi connectivity index (χ3n) is 4.12. The van der Waals surface area contributed by atoms with E-state index in [9.17, 15) is 24.0 Å². The van der Waals surface area contributed by atoms with E-state index >= 15 is 0 Å². The molecule has 0 radical (unpaired) electrons. The molecule has 2 aliphatic rings. The van der Waals surface area contributed by atoms with Crippen LogP contribution in [0.25, 0.3) is 0 Å². The molecule has 0 spiro atoms. The van der Waals surface area contributed by atoms with Gasteiger partial charge in [0.15, 0.2) is 0 Å². The highest BCUT2D eigenvalue weighted by Gasteiger charge is 2.44. The first-order chi connectivity index (χ1) is 12.4. The standard InChI is InChI=1S/C16H16N4O6/c17-16(25)26-6-5-18-8-1-2-9-10(7-8)15(24)20(14(9)23)11-3-4-12(21)19-13(11)22/h1-2,7,11,18H,3-6H2,(H2,17,25)(H,19,21,22). The molecule has 1 unspecified atom stereocenters. The van der Waals surface area contributed by atoms with Gasteiger partial charge in [0.25, 0.3) is 11.8 Å². The average Bonchev–Trinajstić information content (AvgIpc) is 2.83. The van der Waals surface area contributed by atoms with Crippen molar-refractivity contribution in [2.75, 3.05) is 18.5 Å². The first-order valence-electron chi connectivity index (χ1n) is 7.90. The first kappa shape index (κ1) is 17.4. The Morgan fingerprint density at radius 2 is 1.96 bits per heavy atom. The molecule has 136 valence electrons. The second kappa shape index (κ2) is 6.82. The minimum atomic E-state index is -1.000. The van der Waals surface area contributed by atoms with E-state index in [-0.39, 0.29) is 37.1 Å². The molecule has 4 N–H and O–H groups in total. The normalized spacial score (nSPS) is 19.2. The quantitative estimate of drug-likeness (QED) is 0.478. The van der Waals surface area contributed by atoms with Gasteiger partial charge >= 0.3 is 6.09 Å². The topological polar surface area (TPSA) is 148 Å². The molecule has 1 aromatic rings. The van der Waals surface area contributed by atoms with Crippen molar-refractivity contribution in [3.8, 4) is 0 Å². The lowest BCUT2D eigenvalue weighted by Gasteiger charge is -2.27. The second-order valence-electron chi connectivity index (χ2n) is 5.80. The third kappa shape index (κ3) is 3.21.